The zero-order valence-electron chi connectivity index (χ0n) is 17.8. The minimum atomic E-state index is -0.0604. The fraction of sp³-hybridized carbons (Fsp3) is 0.261. The third-order valence-corrected chi connectivity index (χ3v) is 5.67. The quantitative estimate of drug-likeness (QED) is 0.473. The zero-order chi connectivity index (χ0) is 22.1. The second-order valence-electron chi connectivity index (χ2n) is 7.59. The molecule has 32 heavy (non-hydrogen) atoms. The average molecular weight is 427 g/mol. The number of benzene rings is 1. The normalized spacial score (nSPS) is 14.0. The Morgan fingerprint density at radius 3 is 2.88 bits per heavy atom. The molecule has 1 aliphatic heterocycles. The van der Waals surface area contributed by atoms with Gasteiger partial charge in [0, 0.05) is 42.5 Å². The first-order chi connectivity index (χ1) is 15.7. The molecule has 0 spiro atoms. The highest BCUT2D eigenvalue weighted by atomic mass is 16.5. The van der Waals surface area contributed by atoms with E-state index in [-0.39, 0.29) is 6.04 Å². The third-order valence-electron chi connectivity index (χ3n) is 5.67. The van der Waals surface area contributed by atoms with Crippen molar-refractivity contribution in [1.29, 1.82) is 5.26 Å². The average Bonchev–Trinajstić information content (AvgIpc) is 3.51. The van der Waals surface area contributed by atoms with E-state index in [2.05, 4.69) is 42.8 Å². The summed E-state index contributed by atoms with van der Waals surface area (Å²) < 4.78 is 13.0. The lowest BCUT2D eigenvalue weighted by molar-refractivity contribution is 0.398. The molecule has 0 N–H and O–H groups in total. The molecule has 3 aromatic heterocycles. The van der Waals surface area contributed by atoms with Gasteiger partial charge < -0.3 is 14.2 Å². The van der Waals surface area contributed by atoms with Gasteiger partial charge in [-0.15, -0.1) is 10.2 Å². The second kappa shape index (κ2) is 8.15. The van der Waals surface area contributed by atoms with Crippen molar-refractivity contribution >= 4 is 5.95 Å². The highest BCUT2D eigenvalue weighted by molar-refractivity contribution is 5.61. The summed E-state index contributed by atoms with van der Waals surface area (Å²) in [5.41, 5.74) is 3.11. The van der Waals surface area contributed by atoms with Crippen LogP contribution in [0.5, 0.6) is 5.88 Å². The molecule has 9 heteroatoms. The van der Waals surface area contributed by atoms with Crippen LogP contribution in [-0.2, 0) is 6.54 Å². The largest absolute Gasteiger partial charge is 0.481 e. The van der Waals surface area contributed by atoms with Crippen LogP contribution in [0.15, 0.2) is 53.2 Å². The Bertz CT molecular complexity index is 1300. The van der Waals surface area contributed by atoms with Crippen LogP contribution >= 0.6 is 0 Å². The Morgan fingerprint density at radius 2 is 2.03 bits per heavy atom. The monoisotopic (exact) mass is 427 g/mol. The van der Waals surface area contributed by atoms with Crippen LogP contribution in [-0.4, -0.2) is 38.6 Å². The van der Waals surface area contributed by atoms with Crippen LogP contribution in [0.25, 0.3) is 22.7 Å². The topological polar surface area (TPSA) is 106 Å². The first kappa shape index (κ1) is 19.8. The van der Waals surface area contributed by atoms with Crippen molar-refractivity contribution in [1.82, 2.24) is 24.9 Å². The predicted octanol–water partition coefficient (Wildman–Crippen LogP) is 3.85. The SMILES string of the molecule is COc1cc(-c2nnc3n2CCCN3C(C)c2cc(-c3cccc(C#N)c3)on2)ccn1. The first-order valence-corrected chi connectivity index (χ1v) is 10.4. The van der Waals surface area contributed by atoms with Gasteiger partial charge in [-0.3, -0.25) is 4.57 Å². The van der Waals surface area contributed by atoms with Gasteiger partial charge in [0.15, 0.2) is 11.6 Å². The Kier molecular flexibility index (Phi) is 5.03. The summed E-state index contributed by atoms with van der Waals surface area (Å²) in [6.07, 6.45) is 2.66. The zero-order valence-corrected chi connectivity index (χ0v) is 17.8. The minimum absolute atomic E-state index is 0.0604. The molecule has 0 saturated carbocycles. The van der Waals surface area contributed by atoms with Crippen molar-refractivity contribution in [3.05, 3.63) is 59.9 Å². The lowest BCUT2D eigenvalue weighted by Gasteiger charge is -2.32. The van der Waals surface area contributed by atoms with E-state index in [1.165, 1.54) is 0 Å². The molecule has 0 fully saturated rings. The number of fused-ring (bicyclic) bond motifs is 1. The van der Waals surface area contributed by atoms with Crippen LogP contribution in [0.3, 0.4) is 0 Å². The molecule has 4 heterocycles. The molecule has 4 aromatic rings. The van der Waals surface area contributed by atoms with E-state index < -0.39 is 0 Å². The Balaban J connectivity index is 1.44. The van der Waals surface area contributed by atoms with E-state index >= 15 is 0 Å². The molecule has 160 valence electrons. The Morgan fingerprint density at radius 1 is 1.12 bits per heavy atom. The molecule has 9 nitrogen and oxygen atoms in total. The van der Waals surface area contributed by atoms with Gasteiger partial charge in [-0.1, -0.05) is 17.3 Å². The Hall–Kier alpha value is -4.19. The number of nitrogens with zero attached hydrogens (tertiary/aromatic N) is 7. The smallest absolute Gasteiger partial charge is 0.228 e. The number of aromatic nitrogens is 5. The van der Waals surface area contributed by atoms with Crippen LogP contribution in [0.1, 0.15) is 30.6 Å². The van der Waals surface area contributed by atoms with Crippen LogP contribution in [0.4, 0.5) is 5.95 Å². The van der Waals surface area contributed by atoms with Crippen molar-refractivity contribution in [3.63, 3.8) is 0 Å². The lowest BCUT2D eigenvalue weighted by atomic mass is 10.1. The van der Waals surface area contributed by atoms with Gasteiger partial charge in [0.1, 0.15) is 5.69 Å². The van der Waals surface area contributed by atoms with E-state index in [9.17, 15) is 0 Å². The number of pyridine rings is 1. The summed E-state index contributed by atoms with van der Waals surface area (Å²) in [5.74, 6) is 2.75. The van der Waals surface area contributed by atoms with E-state index in [4.69, 9.17) is 14.5 Å². The third kappa shape index (κ3) is 3.46. The lowest BCUT2D eigenvalue weighted by Crippen LogP contribution is -2.35. The number of nitriles is 1. The van der Waals surface area contributed by atoms with E-state index in [0.29, 0.717) is 17.2 Å². The summed E-state index contributed by atoms with van der Waals surface area (Å²) in [5, 5.41) is 22.4. The van der Waals surface area contributed by atoms with Gasteiger partial charge in [0.2, 0.25) is 11.8 Å². The molecular weight excluding hydrogens is 406 g/mol. The maximum absolute atomic E-state index is 9.15. The van der Waals surface area contributed by atoms with Crippen LogP contribution < -0.4 is 9.64 Å². The molecule has 0 aliphatic carbocycles. The minimum Gasteiger partial charge on any atom is -0.481 e. The molecule has 5 rings (SSSR count). The molecule has 1 aliphatic rings. The van der Waals surface area contributed by atoms with Gasteiger partial charge in [0.05, 0.1) is 24.8 Å². The number of hydrogen-bond donors (Lipinski definition) is 0. The van der Waals surface area contributed by atoms with Gasteiger partial charge in [0.25, 0.3) is 0 Å². The Labute approximate surface area is 184 Å². The summed E-state index contributed by atoms with van der Waals surface area (Å²) in [6.45, 7) is 3.74. The van der Waals surface area contributed by atoms with Crippen molar-refractivity contribution in [2.75, 3.05) is 18.6 Å². The summed E-state index contributed by atoms with van der Waals surface area (Å²) in [6, 6.07) is 15.1. The van der Waals surface area contributed by atoms with Crippen LogP contribution in [0.2, 0.25) is 0 Å². The van der Waals surface area contributed by atoms with Crippen molar-refractivity contribution in [2.24, 2.45) is 0 Å². The molecule has 0 radical (unpaired) electrons. The van der Waals surface area contributed by atoms with Gasteiger partial charge in [-0.2, -0.15) is 5.26 Å². The predicted molar refractivity (Wildman–Crippen MR) is 117 cm³/mol. The highest BCUT2D eigenvalue weighted by Crippen LogP contribution is 2.33. The number of ether oxygens (including phenoxy) is 1. The molecule has 0 amide bonds. The first-order valence-electron chi connectivity index (χ1n) is 10.4. The van der Waals surface area contributed by atoms with Crippen LogP contribution in [0, 0.1) is 11.3 Å². The van der Waals surface area contributed by atoms with Gasteiger partial charge in [-0.05, 0) is 31.5 Å². The molecule has 1 unspecified atom stereocenters. The maximum atomic E-state index is 9.15. The van der Waals surface area contributed by atoms with Crippen molar-refractivity contribution < 1.29 is 9.26 Å². The standard InChI is InChI=1S/C23H21N7O2/c1-15(19-13-20(32-28-19)17-6-3-5-16(11-17)14-24)29-9-4-10-30-22(26-27-23(29)30)18-7-8-25-21(12-18)31-2/h3,5-8,11-13,15H,4,9-10H2,1-2H3. The van der Waals surface area contributed by atoms with Crippen molar-refractivity contribution in [2.45, 2.75) is 25.9 Å². The van der Waals surface area contributed by atoms with E-state index in [0.717, 1.165) is 48.1 Å². The molecule has 0 saturated heterocycles. The second-order valence-corrected chi connectivity index (χ2v) is 7.59. The molecule has 1 atom stereocenters. The van der Waals surface area contributed by atoms with Crippen molar-refractivity contribution in [3.8, 4) is 34.7 Å². The molecule has 0 bridgehead atoms. The molecular formula is C23H21N7O2. The number of anilines is 1. The maximum Gasteiger partial charge on any atom is 0.228 e. The number of rotatable bonds is 5. The summed E-state index contributed by atoms with van der Waals surface area (Å²) in [4.78, 5) is 6.36. The van der Waals surface area contributed by atoms with Gasteiger partial charge in [-0.25, -0.2) is 4.98 Å². The fourth-order valence-electron chi connectivity index (χ4n) is 3.98. The van der Waals surface area contributed by atoms with E-state index in [1.54, 1.807) is 25.4 Å². The number of hydrogen-bond acceptors (Lipinski definition) is 8. The number of methoxy groups -OCH3 is 1. The fourth-order valence-corrected chi connectivity index (χ4v) is 3.98. The molecule has 1 aromatic carbocycles. The highest BCUT2D eigenvalue weighted by Gasteiger charge is 2.29. The van der Waals surface area contributed by atoms with E-state index in [1.807, 2.05) is 30.3 Å². The van der Waals surface area contributed by atoms with Gasteiger partial charge >= 0.3 is 0 Å². The summed E-state index contributed by atoms with van der Waals surface area (Å²) in [7, 11) is 1.59. The summed E-state index contributed by atoms with van der Waals surface area (Å²) >= 11 is 0.